The highest BCUT2D eigenvalue weighted by Crippen LogP contribution is 2.42. The fraction of sp³-hybridized carbons (Fsp3) is 0.308. The molecule has 7 nitrogen and oxygen atoms in total. The quantitative estimate of drug-likeness (QED) is 0.482. The number of para-hydroxylation sites is 1. The second kappa shape index (κ2) is 8.08. The highest BCUT2D eigenvalue weighted by molar-refractivity contribution is 5.96. The van der Waals surface area contributed by atoms with E-state index in [9.17, 15) is 9.59 Å². The van der Waals surface area contributed by atoms with Gasteiger partial charge in [0, 0.05) is 26.2 Å². The van der Waals surface area contributed by atoms with Gasteiger partial charge >= 0.3 is 5.69 Å². The zero-order valence-corrected chi connectivity index (χ0v) is 19.3. The Bertz CT molecular complexity index is 1490. The molecule has 0 fully saturated rings. The van der Waals surface area contributed by atoms with Gasteiger partial charge in [0.1, 0.15) is 11.9 Å². The maximum Gasteiger partial charge on any atom is 0.331 e. The second-order valence-corrected chi connectivity index (χ2v) is 8.41. The monoisotopic (exact) mass is 445 g/mol. The molecular formula is C26H27N3O4. The summed E-state index contributed by atoms with van der Waals surface area (Å²) in [7, 11) is 3.24. The molecule has 170 valence electrons. The van der Waals surface area contributed by atoms with Crippen LogP contribution in [0.3, 0.4) is 0 Å². The Hall–Kier alpha value is -3.58. The average molecular weight is 446 g/mol. The maximum absolute atomic E-state index is 13.5. The van der Waals surface area contributed by atoms with Gasteiger partial charge in [0.25, 0.3) is 5.56 Å². The molecule has 1 atom stereocenters. The zero-order valence-electron chi connectivity index (χ0n) is 19.3. The first-order chi connectivity index (χ1) is 15.9. The van der Waals surface area contributed by atoms with Crippen molar-refractivity contribution in [3.63, 3.8) is 0 Å². The molecule has 0 saturated carbocycles. The molecule has 0 bridgehead atoms. The summed E-state index contributed by atoms with van der Waals surface area (Å²) in [5.41, 5.74) is 4.49. The van der Waals surface area contributed by atoms with E-state index in [1.165, 1.54) is 11.6 Å². The molecule has 0 aliphatic carbocycles. The van der Waals surface area contributed by atoms with Crippen LogP contribution in [0.5, 0.6) is 5.75 Å². The third-order valence-corrected chi connectivity index (χ3v) is 6.35. The van der Waals surface area contributed by atoms with Crippen molar-refractivity contribution >= 4 is 10.9 Å². The van der Waals surface area contributed by atoms with E-state index < -0.39 is 6.10 Å². The number of ether oxygens (including phenoxy) is 2. The van der Waals surface area contributed by atoms with Crippen molar-refractivity contribution in [2.24, 2.45) is 14.1 Å². The smallest absolute Gasteiger partial charge is 0.331 e. The van der Waals surface area contributed by atoms with E-state index in [0.717, 1.165) is 33.8 Å². The van der Waals surface area contributed by atoms with Crippen LogP contribution in [0, 0.1) is 6.92 Å². The van der Waals surface area contributed by atoms with Crippen molar-refractivity contribution < 1.29 is 9.47 Å². The predicted molar refractivity (Wildman–Crippen MR) is 128 cm³/mol. The van der Waals surface area contributed by atoms with E-state index in [2.05, 4.69) is 10.6 Å². The van der Waals surface area contributed by atoms with Crippen LogP contribution in [0.4, 0.5) is 0 Å². The van der Waals surface area contributed by atoms with E-state index in [-0.39, 0.29) is 11.2 Å². The topological polar surface area (TPSA) is 67.4 Å². The standard InChI is InChI=1S/C26H27N3O4/c1-5-32-19-12-7-6-11-18(19)24-23-22-20(25(30)28(4)26(31)27(22)3)21(29(23)13-14-33-24)17-10-8-9-16(2)15-17/h6-12,15,24H,5,13-14H2,1-4H3/t24-/m0/s1. The summed E-state index contributed by atoms with van der Waals surface area (Å²) in [5.74, 6) is 0.735. The third-order valence-electron chi connectivity index (χ3n) is 6.35. The molecule has 0 N–H and O–H groups in total. The lowest BCUT2D eigenvalue weighted by molar-refractivity contribution is 0.0461. The Balaban J connectivity index is 1.93. The lowest BCUT2D eigenvalue weighted by atomic mass is 10.0. The van der Waals surface area contributed by atoms with Crippen LogP contribution in [0.2, 0.25) is 0 Å². The Morgan fingerprint density at radius 3 is 2.61 bits per heavy atom. The van der Waals surface area contributed by atoms with Gasteiger partial charge in [-0.3, -0.25) is 13.9 Å². The Morgan fingerprint density at radius 2 is 1.85 bits per heavy atom. The molecule has 0 saturated heterocycles. The summed E-state index contributed by atoms with van der Waals surface area (Å²) >= 11 is 0. The fourth-order valence-electron chi connectivity index (χ4n) is 4.89. The first-order valence-electron chi connectivity index (χ1n) is 11.2. The van der Waals surface area contributed by atoms with Crippen LogP contribution in [0.25, 0.3) is 22.2 Å². The molecule has 0 radical (unpaired) electrons. The summed E-state index contributed by atoms with van der Waals surface area (Å²) in [6, 6.07) is 15.9. The number of hydrogen-bond acceptors (Lipinski definition) is 4. The van der Waals surface area contributed by atoms with Gasteiger partial charge in [0.05, 0.1) is 35.5 Å². The van der Waals surface area contributed by atoms with E-state index in [1.54, 1.807) is 11.6 Å². The van der Waals surface area contributed by atoms with Crippen molar-refractivity contribution in [2.75, 3.05) is 13.2 Å². The number of benzene rings is 2. The minimum Gasteiger partial charge on any atom is -0.493 e. The number of nitrogens with zero attached hydrogens (tertiary/aromatic N) is 3. The summed E-state index contributed by atoms with van der Waals surface area (Å²) in [6.45, 7) is 5.56. The molecule has 0 spiro atoms. The third kappa shape index (κ3) is 3.23. The Kier molecular flexibility index (Phi) is 5.21. The summed E-state index contributed by atoms with van der Waals surface area (Å²) in [4.78, 5) is 26.4. The lowest BCUT2D eigenvalue weighted by Gasteiger charge is -2.28. The van der Waals surface area contributed by atoms with Gasteiger partial charge in [0.2, 0.25) is 0 Å². The fourth-order valence-corrected chi connectivity index (χ4v) is 4.89. The molecule has 7 heteroatoms. The number of fused-ring (bicyclic) bond motifs is 3. The predicted octanol–water partition coefficient (Wildman–Crippen LogP) is 3.53. The van der Waals surface area contributed by atoms with E-state index in [0.29, 0.717) is 30.7 Å². The van der Waals surface area contributed by atoms with Crippen LogP contribution in [-0.2, 0) is 25.4 Å². The van der Waals surface area contributed by atoms with Crippen LogP contribution < -0.4 is 16.0 Å². The number of rotatable bonds is 4. The van der Waals surface area contributed by atoms with Gasteiger partial charge in [-0.15, -0.1) is 0 Å². The zero-order chi connectivity index (χ0) is 23.3. The summed E-state index contributed by atoms with van der Waals surface area (Å²) in [6.07, 6.45) is -0.472. The molecular weight excluding hydrogens is 418 g/mol. The normalized spacial score (nSPS) is 15.6. The van der Waals surface area contributed by atoms with Crippen molar-refractivity contribution in [2.45, 2.75) is 26.5 Å². The van der Waals surface area contributed by atoms with E-state index in [1.807, 2.05) is 56.3 Å². The molecule has 2 aromatic carbocycles. The maximum atomic E-state index is 13.5. The van der Waals surface area contributed by atoms with Crippen LogP contribution >= 0.6 is 0 Å². The SMILES string of the molecule is CCOc1ccccc1[C@@H]1OCCn2c(-c3cccc(C)c3)c3c(=O)n(C)c(=O)n(C)c3c21. The number of aryl methyl sites for hydroxylation is 2. The van der Waals surface area contributed by atoms with Gasteiger partial charge in [0.15, 0.2) is 0 Å². The van der Waals surface area contributed by atoms with Gasteiger partial charge < -0.3 is 14.0 Å². The van der Waals surface area contributed by atoms with Gasteiger partial charge in [-0.25, -0.2) is 4.79 Å². The molecule has 1 aliphatic rings. The lowest BCUT2D eigenvalue weighted by Crippen LogP contribution is -2.37. The summed E-state index contributed by atoms with van der Waals surface area (Å²) < 4.78 is 17.1. The highest BCUT2D eigenvalue weighted by Gasteiger charge is 2.34. The molecule has 33 heavy (non-hydrogen) atoms. The summed E-state index contributed by atoms with van der Waals surface area (Å²) in [5, 5.41) is 0.532. The van der Waals surface area contributed by atoms with Crippen LogP contribution in [0.1, 0.15) is 29.8 Å². The van der Waals surface area contributed by atoms with Crippen molar-refractivity contribution in [3.8, 4) is 17.0 Å². The van der Waals surface area contributed by atoms with Gasteiger partial charge in [-0.2, -0.15) is 0 Å². The molecule has 1 aliphatic heterocycles. The first-order valence-corrected chi connectivity index (χ1v) is 11.2. The minimum absolute atomic E-state index is 0.302. The van der Waals surface area contributed by atoms with E-state index in [4.69, 9.17) is 9.47 Å². The Morgan fingerprint density at radius 1 is 1.06 bits per heavy atom. The highest BCUT2D eigenvalue weighted by atomic mass is 16.5. The van der Waals surface area contributed by atoms with Gasteiger partial charge in [-0.05, 0) is 31.5 Å². The molecule has 0 unspecified atom stereocenters. The average Bonchev–Trinajstić information content (AvgIpc) is 3.17. The molecule has 2 aromatic heterocycles. The van der Waals surface area contributed by atoms with E-state index >= 15 is 0 Å². The Labute approximate surface area is 191 Å². The van der Waals surface area contributed by atoms with Crippen molar-refractivity contribution in [3.05, 3.63) is 86.2 Å². The van der Waals surface area contributed by atoms with Crippen molar-refractivity contribution in [1.82, 2.24) is 13.7 Å². The van der Waals surface area contributed by atoms with Crippen LogP contribution in [-0.4, -0.2) is 26.9 Å². The molecule has 5 rings (SSSR count). The first kappa shape index (κ1) is 21.3. The number of hydrogen-bond donors (Lipinski definition) is 0. The molecule has 0 amide bonds. The number of aromatic nitrogens is 3. The van der Waals surface area contributed by atoms with Crippen molar-refractivity contribution in [1.29, 1.82) is 0 Å². The van der Waals surface area contributed by atoms with Crippen LogP contribution in [0.15, 0.2) is 58.1 Å². The van der Waals surface area contributed by atoms with Gasteiger partial charge in [-0.1, -0.05) is 42.0 Å². The minimum atomic E-state index is -0.472. The molecule has 4 aromatic rings. The largest absolute Gasteiger partial charge is 0.493 e. The molecule has 3 heterocycles. The second-order valence-electron chi connectivity index (χ2n) is 8.41.